The van der Waals surface area contributed by atoms with Crippen molar-refractivity contribution in [2.24, 2.45) is 17.8 Å². The zero-order chi connectivity index (χ0) is 12.8. The summed E-state index contributed by atoms with van der Waals surface area (Å²) in [6, 6.07) is 2.25. The number of hydrogen-bond acceptors (Lipinski definition) is 3. The summed E-state index contributed by atoms with van der Waals surface area (Å²) in [6.45, 7) is 4.28. The van der Waals surface area contributed by atoms with Gasteiger partial charge in [-0.25, -0.2) is 9.18 Å². The average molecular weight is 242 g/mol. The minimum absolute atomic E-state index is 0.151. The Kier molecular flexibility index (Phi) is 5.20. The average Bonchev–Trinajstić information content (AvgIpc) is 2.34. The van der Waals surface area contributed by atoms with Crippen LogP contribution in [0.3, 0.4) is 0 Å². The number of ether oxygens (including phenoxy) is 1. The lowest BCUT2D eigenvalue weighted by Crippen LogP contribution is -2.45. The Labute approximate surface area is 101 Å². The Balaban J connectivity index is 2.53. The van der Waals surface area contributed by atoms with Gasteiger partial charge in [-0.2, -0.15) is 5.26 Å². The third-order valence-electron chi connectivity index (χ3n) is 3.25. The smallest absolute Gasteiger partial charge is 0.409 e. The van der Waals surface area contributed by atoms with Crippen LogP contribution in [0.2, 0.25) is 0 Å². The van der Waals surface area contributed by atoms with E-state index in [-0.39, 0.29) is 12.5 Å². The number of rotatable bonds is 3. The Bertz CT molecular complexity index is 301. The summed E-state index contributed by atoms with van der Waals surface area (Å²) in [4.78, 5) is 13.0. The maximum Gasteiger partial charge on any atom is 0.409 e. The third-order valence-corrected chi connectivity index (χ3v) is 3.25. The van der Waals surface area contributed by atoms with Crippen LogP contribution < -0.4 is 0 Å². The first-order valence-corrected chi connectivity index (χ1v) is 5.97. The molecule has 1 amide bonds. The minimum atomic E-state index is -0.671. The van der Waals surface area contributed by atoms with E-state index in [4.69, 9.17) is 10.00 Å². The van der Waals surface area contributed by atoms with E-state index < -0.39 is 12.8 Å². The van der Waals surface area contributed by atoms with Crippen LogP contribution in [0.25, 0.3) is 0 Å². The van der Waals surface area contributed by atoms with E-state index in [1.165, 1.54) is 4.90 Å². The molecule has 1 fully saturated rings. The van der Waals surface area contributed by atoms with Crippen molar-refractivity contribution < 1.29 is 13.9 Å². The molecule has 0 radical (unpaired) electrons. The molecule has 0 aromatic heterocycles. The van der Waals surface area contributed by atoms with Crippen LogP contribution in [0.4, 0.5) is 9.18 Å². The molecule has 2 unspecified atom stereocenters. The van der Waals surface area contributed by atoms with Gasteiger partial charge in [-0.3, -0.25) is 0 Å². The predicted molar refractivity (Wildman–Crippen MR) is 60.9 cm³/mol. The second-order valence-corrected chi connectivity index (χ2v) is 4.68. The Morgan fingerprint density at radius 3 is 2.88 bits per heavy atom. The highest BCUT2D eigenvalue weighted by molar-refractivity contribution is 5.67. The monoisotopic (exact) mass is 242 g/mol. The highest BCUT2D eigenvalue weighted by Gasteiger charge is 2.33. The normalized spacial score (nSPS) is 24.5. The van der Waals surface area contributed by atoms with Gasteiger partial charge in [0.1, 0.15) is 13.3 Å². The number of carbonyl (C=O) groups excluding carboxylic acids is 1. The van der Waals surface area contributed by atoms with Crippen molar-refractivity contribution in [3.8, 4) is 6.07 Å². The molecule has 0 aromatic rings. The zero-order valence-corrected chi connectivity index (χ0v) is 10.4. The largest absolute Gasteiger partial charge is 0.447 e. The number of hydrogen-bond donors (Lipinski definition) is 0. The number of nitriles is 1. The van der Waals surface area contributed by atoms with Crippen LogP contribution in [0, 0.1) is 29.1 Å². The lowest BCUT2D eigenvalue weighted by Gasteiger charge is -2.36. The van der Waals surface area contributed by atoms with E-state index in [0.717, 1.165) is 6.42 Å². The Hall–Kier alpha value is -1.31. The van der Waals surface area contributed by atoms with Gasteiger partial charge < -0.3 is 9.64 Å². The molecule has 0 bridgehead atoms. The molecule has 0 spiro atoms. The number of nitrogens with zero attached hydrogens (tertiary/aromatic N) is 2. The highest BCUT2D eigenvalue weighted by atomic mass is 19.1. The van der Waals surface area contributed by atoms with Crippen LogP contribution in [0.5, 0.6) is 0 Å². The van der Waals surface area contributed by atoms with Gasteiger partial charge in [-0.15, -0.1) is 0 Å². The fourth-order valence-electron chi connectivity index (χ4n) is 2.29. The number of halogens is 1. The molecule has 0 aromatic carbocycles. The molecule has 0 N–H and O–H groups in total. The van der Waals surface area contributed by atoms with Crippen LogP contribution in [0.1, 0.15) is 20.3 Å². The van der Waals surface area contributed by atoms with Crippen LogP contribution in [-0.2, 0) is 4.74 Å². The summed E-state index contributed by atoms with van der Waals surface area (Å²) in [7, 11) is 0. The van der Waals surface area contributed by atoms with E-state index in [0.29, 0.717) is 24.9 Å². The summed E-state index contributed by atoms with van der Waals surface area (Å²) in [6.07, 6.45) is 0.297. The first kappa shape index (κ1) is 13.8. The molecule has 2 atom stereocenters. The fourth-order valence-corrected chi connectivity index (χ4v) is 2.29. The van der Waals surface area contributed by atoms with Gasteiger partial charge in [0.15, 0.2) is 0 Å². The maximum atomic E-state index is 11.9. The maximum absolute atomic E-state index is 11.9. The van der Waals surface area contributed by atoms with E-state index in [2.05, 4.69) is 19.9 Å². The van der Waals surface area contributed by atoms with Gasteiger partial charge >= 0.3 is 6.09 Å². The zero-order valence-electron chi connectivity index (χ0n) is 10.4. The molecule has 4 nitrogen and oxygen atoms in total. The molecule has 17 heavy (non-hydrogen) atoms. The van der Waals surface area contributed by atoms with Gasteiger partial charge in [0.25, 0.3) is 0 Å². The van der Waals surface area contributed by atoms with E-state index in [9.17, 15) is 9.18 Å². The van der Waals surface area contributed by atoms with Gasteiger partial charge in [-0.1, -0.05) is 13.8 Å². The van der Waals surface area contributed by atoms with Crippen LogP contribution >= 0.6 is 0 Å². The quantitative estimate of drug-likeness (QED) is 0.762. The second kappa shape index (κ2) is 6.43. The van der Waals surface area contributed by atoms with Crippen LogP contribution in [-0.4, -0.2) is 37.4 Å². The first-order valence-electron chi connectivity index (χ1n) is 5.97. The molecule has 0 saturated carbocycles. The topological polar surface area (TPSA) is 53.3 Å². The van der Waals surface area contributed by atoms with E-state index in [1.807, 2.05) is 0 Å². The standard InChI is InChI=1S/C12H19FN2O2/c1-9(2)11-3-5-15(8-10(11)7-14)12(16)17-6-4-13/h9-11H,3-6,8H2,1-2H3. The Morgan fingerprint density at radius 1 is 1.65 bits per heavy atom. The summed E-state index contributed by atoms with van der Waals surface area (Å²) >= 11 is 0. The minimum Gasteiger partial charge on any atom is -0.447 e. The van der Waals surface area contributed by atoms with Crippen molar-refractivity contribution in [1.29, 1.82) is 5.26 Å². The van der Waals surface area contributed by atoms with Crippen molar-refractivity contribution >= 4 is 6.09 Å². The Morgan fingerprint density at radius 2 is 2.35 bits per heavy atom. The van der Waals surface area contributed by atoms with Crippen molar-refractivity contribution in [1.82, 2.24) is 4.90 Å². The van der Waals surface area contributed by atoms with Crippen molar-refractivity contribution in [2.45, 2.75) is 20.3 Å². The van der Waals surface area contributed by atoms with Gasteiger partial charge in [0.2, 0.25) is 0 Å². The van der Waals surface area contributed by atoms with Crippen molar-refractivity contribution in [3.63, 3.8) is 0 Å². The molecule has 1 heterocycles. The van der Waals surface area contributed by atoms with Crippen molar-refractivity contribution in [2.75, 3.05) is 26.4 Å². The second-order valence-electron chi connectivity index (χ2n) is 4.68. The molecular formula is C12H19FN2O2. The first-order chi connectivity index (χ1) is 8.10. The molecular weight excluding hydrogens is 223 g/mol. The molecule has 1 rings (SSSR count). The summed E-state index contributed by atoms with van der Waals surface area (Å²) in [5.74, 6) is 0.607. The van der Waals surface area contributed by atoms with Gasteiger partial charge in [0, 0.05) is 13.1 Å². The molecule has 1 saturated heterocycles. The van der Waals surface area contributed by atoms with Gasteiger partial charge in [-0.05, 0) is 18.3 Å². The molecule has 1 aliphatic rings. The van der Waals surface area contributed by atoms with Crippen LogP contribution in [0.15, 0.2) is 0 Å². The number of likely N-dealkylation sites (tertiary alicyclic amines) is 1. The van der Waals surface area contributed by atoms with E-state index >= 15 is 0 Å². The summed E-state index contributed by atoms with van der Waals surface area (Å²) < 4.78 is 16.6. The molecule has 5 heteroatoms. The summed E-state index contributed by atoms with van der Waals surface area (Å²) in [5.41, 5.74) is 0. The number of amides is 1. The lowest BCUT2D eigenvalue weighted by molar-refractivity contribution is 0.0668. The predicted octanol–water partition coefficient (Wildman–Crippen LogP) is 2.21. The number of piperidine rings is 1. The van der Waals surface area contributed by atoms with Crippen molar-refractivity contribution in [3.05, 3.63) is 0 Å². The SMILES string of the molecule is CC(C)C1CCN(C(=O)OCCF)CC1C#N. The lowest BCUT2D eigenvalue weighted by atomic mass is 9.79. The van der Waals surface area contributed by atoms with E-state index in [1.54, 1.807) is 0 Å². The molecule has 1 aliphatic heterocycles. The third kappa shape index (κ3) is 3.58. The summed E-state index contributed by atoms with van der Waals surface area (Å²) in [5, 5.41) is 9.10. The molecule has 96 valence electrons. The molecule has 0 aliphatic carbocycles. The highest BCUT2D eigenvalue weighted by Crippen LogP contribution is 2.29. The number of alkyl halides is 1. The van der Waals surface area contributed by atoms with Gasteiger partial charge in [0.05, 0.1) is 12.0 Å². The fraction of sp³-hybridized carbons (Fsp3) is 0.833. The number of carbonyl (C=O) groups is 1.